The highest BCUT2D eigenvalue weighted by molar-refractivity contribution is 7.10. The number of benzene rings is 2. The largest absolute Gasteiger partial charge is 0.449 e. The Bertz CT molecular complexity index is 882. The molecule has 142 valence electrons. The maximum Gasteiger partial charge on any atom is 0.331 e. The van der Waals surface area contributed by atoms with E-state index in [1.54, 1.807) is 13.0 Å². The molecule has 0 saturated heterocycles. The van der Waals surface area contributed by atoms with Crippen LogP contribution in [0.2, 0.25) is 0 Å². The highest BCUT2D eigenvalue weighted by atomic mass is 32.1. The number of ether oxygens (including phenoxy) is 1. The molecule has 0 spiro atoms. The second-order valence-electron chi connectivity index (χ2n) is 6.19. The lowest BCUT2D eigenvalue weighted by Gasteiger charge is -2.22. The Morgan fingerprint density at radius 3 is 2.07 bits per heavy atom. The molecule has 1 atom stereocenters. The second kappa shape index (κ2) is 9.67. The van der Waals surface area contributed by atoms with E-state index < -0.39 is 12.1 Å². The lowest BCUT2D eigenvalue weighted by atomic mass is 9.98. The molecule has 28 heavy (non-hydrogen) atoms. The van der Waals surface area contributed by atoms with Crippen LogP contribution < -0.4 is 5.32 Å². The summed E-state index contributed by atoms with van der Waals surface area (Å²) in [7, 11) is 0. The third-order valence-electron chi connectivity index (χ3n) is 4.14. The predicted molar refractivity (Wildman–Crippen MR) is 112 cm³/mol. The Balaban J connectivity index is 1.67. The molecule has 1 aromatic heterocycles. The van der Waals surface area contributed by atoms with Crippen molar-refractivity contribution in [2.24, 2.45) is 0 Å². The third kappa shape index (κ3) is 5.41. The lowest BCUT2D eigenvalue weighted by Crippen LogP contribution is -2.38. The molecule has 5 heteroatoms. The molecule has 3 aromatic rings. The van der Waals surface area contributed by atoms with Crippen molar-refractivity contribution in [3.8, 4) is 0 Å². The number of carbonyl (C=O) groups is 2. The van der Waals surface area contributed by atoms with Crippen molar-refractivity contribution in [2.45, 2.75) is 19.1 Å². The van der Waals surface area contributed by atoms with E-state index >= 15 is 0 Å². The minimum Gasteiger partial charge on any atom is -0.449 e. The Morgan fingerprint density at radius 1 is 0.929 bits per heavy atom. The molecule has 1 N–H and O–H groups in total. The van der Waals surface area contributed by atoms with Gasteiger partial charge in [-0.25, -0.2) is 4.79 Å². The van der Waals surface area contributed by atoms with Gasteiger partial charge in [0.1, 0.15) is 0 Å². The van der Waals surface area contributed by atoms with E-state index in [1.165, 1.54) is 17.4 Å². The average Bonchev–Trinajstić information content (AvgIpc) is 3.25. The van der Waals surface area contributed by atoms with Gasteiger partial charge < -0.3 is 10.1 Å². The SMILES string of the molecule is C[C@@H](OC(=O)/C=C/c1cccs1)C(=O)NC(c1ccccc1)c1ccccc1. The lowest BCUT2D eigenvalue weighted by molar-refractivity contribution is -0.150. The Labute approximate surface area is 168 Å². The first-order chi connectivity index (χ1) is 13.6. The smallest absolute Gasteiger partial charge is 0.331 e. The molecule has 1 amide bonds. The van der Waals surface area contributed by atoms with E-state index in [0.717, 1.165) is 16.0 Å². The van der Waals surface area contributed by atoms with Gasteiger partial charge in [0.2, 0.25) is 0 Å². The number of amides is 1. The Kier molecular flexibility index (Phi) is 6.76. The topological polar surface area (TPSA) is 55.4 Å². The van der Waals surface area contributed by atoms with Crippen LogP contribution in [0.15, 0.2) is 84.3 Å². The quantitative estimate of drug-likeness (QED) is 0.473. The number of carbonyl (C=O) groups excluding carboxylic acids is 2. The molecule has 0 radical (unpaired) electrons. The van der Waals surface area contributed by atoms with Crippen LogP contribution in [-0.2, 0) is 14.3 Å². The molecule has 4 nitrogen and oxygen atoms in total. The number of hydrogen-bond acceptors (Lipinski definition) is 4. The monoisotopic (exact) mass is 391 g/mol. The van der Waals surface area contributed by atoms with Crippen molar-refractivity contribution in [2.75, 3.05) is 0 Å². The number of esters is 1. The first-order valence-corrected chi connectivity index (χ1v) is 9.84. The molecule has 0 aliphatic rings. The summed E-state index contributed by atoms with van der Waals surface area (Å²) >= 11 is 1.52. The van der Waals surface area contributed by atoms with E-state index in [4.69, 9.17) is 4.74 Å². The van der Waals surface area contributed by atoms with Gasteiger partial charge in [0.25, 0.3) is 5.91 Å². The maximum absolute atomic E-state index is 12.7. The van der Waals surface area contributed by atoms with Gasteiger partial charge in [-0.05, 0) is 35.6 Å². The van der Waals surface area contributed by atoms with Gasteiger partial charge in [0.15, 0.2) is 6.10 Å². The molecular weight excluding hydrogens is 370 g/mol. The van der Waals surface area contributed by atoms with Gasteiger partial charge in [-0.1, -0.05) is 66.7 Å². The van der Waals surface area contributed by atoms with Crippen molar-refractivity contribution in [1.29, 1.82) is 0 Å². The first-order valence-electron chi connectivity index (χ1n) is 8.96. The first kappa shape index (κ1) is 19.6. The zero-order valence-corrected chi connectivity index (χ0v) is 16.3. The zero-order valence-electron chi connectivity index (χ0n) is 15.4. The molecule has 2 aromatic carbocycles. The molecule has 0 aliphatic heterocycles. The van der Waals surface area contributed by atoms with Crippen molar-refractivity contribution < 1.29 is 14.3 Å². The summed E-state index contributed by atoms with van der Waals surface area (Å²) < 4.78 is 5.25. The Morgan fingerprint density at radius 2 is 1.54 bits per heavy atom. The standard InChI is InChI=1S/C23H21NO3S/c1-17(27-21(25)15-14-20-13-8-16-28-20)23(26)24-22(18-9-4-2-5-10-18)19-11-6-3-7-12-19/h2-17,22H,1H3,(H,24,26)/b15-14+/t17-/m1/s1. The maximum atomic E-state index is 12.7. The summed E-state index contributed by atoms with van der Waals surface area (Å²) in [6.07, 6.45) is 2.10. The van der Waals surface area contributed by atoms with E-state index in [0.29, 0.717) is 0 Å². The van der Waals surface area contributed by atoms with Crippen molar-refractivity contribution in [3.63, 3.8) is 0 Å². The van der Waals surface area contributed by atoms with E-state index in [9.17, 15) is 9.59 Å². The van der Waals surface area contributed by atoms with Crippen LogP contribution in [0, 0.1) is 0 Å². The summed E-state index contributed by atoms with van der Waals surface area (Å²) in [5.74, 6) is -0.900. The highest BCUT2D eigenvalue weighted by Gasteiger charge is 2.22. The molecule has 0 unspecified atom stereocenters. The van der Waals surface area contributed by atoms with Crippen LogP contribution in [-0.4, -0.2) is 18.0 Å². The summed E-state index contributed by atoms with van der Waals surface area (Å²) in [5, 5.41) is 4.91. The van der Waals surface area contributed by atoms with Crippen molar-refractivity contribution in [1.82, 2.24) is 5.32 Å². The molecule has 0 bridgehead atoms. The summed E-state index contributed by atoms with van der Waals surface area (Å²) in [6, 6.07) is 22.9. The molecule has 1 heterocycles. The number of hydrogen-bond donors (Lipinski definition) is 1. The fraction of sp³-hybridized carbons (Fsp3) is 0.130. The second-order valence-corrected chi connectivity index (χ2v) is 7.17. The predicted octanol–water partition coefficient (Wildman–Crippen LogP) is 4.60. The molecule has 0 saturated carbocycles. The van der Waals surface area contributed by atoms with Gasteiger partial charge in [0.05, 0.1) is 6.04 Å². The zero-order chi connectivity index (χ0) is 19.8. The fourth-order valence-electron chi connectivity index (χ4n) is 2.71. The summed E-state index contributed by atoms with van der Waals surface area (Å²) in [6.45, 7) is 1.57. The summed E-state index contributed by atoms with van der Waals surface area (Å²) in [5.41, 5.74) is 1.91. The third-order valence-corrected chi connectivity index (χ3v) is 4.98. The molecular formula is C23H21NO3S. The number of thiophene rings is 1. The fourth-order valence-corrected chi connectivity index (χ4v) is 3.33. The van der Waals surface area contributed by atoms with Crippen molar-refractivity contribution >= 4 is 29.3 Å². The van der Waals surface area contributed by atoms with Crippen LogP contribution in [0.1, 0.15) is 29.0 Å². The Hall–Kier alpha value is -3.18. The minimum absolute atomic E-state index is 0.322. The van der Waals surface area contributed by atoms with E-state index in [1.807, 2.05) is 78.2 Å². The summed E-state index contributed by atoms with van der Waals surface area (Å²) in [4.78, 5) is 25.6. The van der Waals surface area contributed by atoms with E-state index in [2.05, 4.69) is 5.32 Å². The van der Waals surface area contributed by atoms with Gasteiger partial charge in [-0.15, -0.1) is 11.3 Å². The van der Waals surface area contributed by atoms with Crippen LogP contribution in [0.3, 0.4) is 0 Å². The van der Waals surface area contributed by atoms with E-state index in [-0.39, 0.29) is 11.9 Å². The van der Waals surface area contributed by atoms with Crippen LogP contribution in [0.25, 0.3) is 6.08 Å². The molecule has 0 aliphatic carbocycles. The number of rotatable bonds is 7. The van der Waals surface area contributed by atoms with Crippen LogP contribution in [0.5, 0.6) is 0 Å². The molecule has 0 fully saturated rings. The normalized spacial score (nSPS) is 12.1. The van der Waals surface area contributed by atoms with Gasteiger partial charge in [0, 0.05) is 11.0 Å². The molecule has 3 rings (SSSR count). The van der Waals surface area contributed by atoms with Gasteiger partial charge in [-0.2, -0.15) is 0 Å². The highest BCUT2D eigenvalue weighted by Crippen LogP contribution is 2.22. The van der Waals surface area contributed by atoms with Crippen molar-refractivity contribution in [3.05, 3.63) is 100 Å². The average molecular weight is 391 g/mol. The van der Waals surface area contributed by atoms with Crippen LogP contribution >= 0.6 is 11.3 Å². The van der Waals surface area contributed by atoms with Gasteiger partial charge >= 0.3 is 5.97 Å². The van der Waals surface area contributed by atoms with Gasteiger partial charge in [-0.3, -0.25) is 4.79 Å². The van der Waals surface area contributed by atoms with Crippen LogP contribution in [0.4, 0.5) is 0 Å². The minimum atomic E-state index is -0.907. The number of nitrogens with one attached hydrogen (secondary N) is 1.